The monoisotopic (exact) mass is 206 g/mol. The topological polar surface area (TPSA) is 45.8 Å². The molecule has 0 unspecified atom stereocenters. The molecular formula is C10H10N2OS. The van der Waals surface area contributed by atoms with Crippen LogP contribution in [0.1, 0.15) is 23.0 Å². The van der Waals surface area contributed by atoms with Gasteiger partial charge in [0.1, 0.15) is 5.69 Å². The minimum Gasteiger partial charge on any atom is -0.298 e. The molecule has 2 aromatic rings. The van der Waals surface area contributed by atoms with Gasteiger partial charge in [-0.1, -0.05) is 6.92 Å². The third kappa shape index (κ3) is 1.37. The number of aromatic nitrogens is 2. The van der Waals surface area contributed by atoms with Gasteiger partial charge in [0, 0.05) is 16.6 Å². The van der Waals surface area contributed by atoms with E-state index < -0.39 is 0 Å². The van der Waals surface area contributed by atoms with Crippen molar-refractivity contribution >= 4 is 17.6 Å². The van der Waals surface area contributed by atoms with Crippen LogP contribution in [0.3, 0.4) is 0 Å². The van der Waals surface area contributed by atoms with Gasteiger partial charge in [0.25, 0.3) is 0 Å². The molecule has 0 saturated carbocycles. The highest BCUT2D eigenvalue weighted by Crippen LogP contribution is 2.24. The second-order valence-corrected chi connectivity index (χ2v) is 3.73. The molecule has 14 heavy (non-hydrogen) atoms. The third-order valence-corrected chi connectivity index (χ3v) is 2.83. The minimum absolute atomic E-state index is 0.686. The average molecular weight is 206 g/mol. The largest absolute Gasteiger partial charge is 0.298 e. The summed E-state index contributed by atoms with van der Waals surface area (Å²) in [4.78, 5) is 10.9. The van der Waals surface area contributed by atoms with Crippen LogP contribution in [0.5, 0.6) is 0 Å². The van der Waals surface area contributed by atoms with Crippen molar-refractivity contribution in [3.8, 4) is 11.3 Å². The van der Waals surface area contributed by atoms with Crippen LogP contribution in [0.4, 0.5) is 0 Å². The molecule has 0 amide bonds. The fourth-order valence-corrected chi connectivity index (χ4v) is 2.04. The van der Waals surface area contributed by atoms with E-state index in [1.54, 1.807) is 11.3 Å². The van der Waals surface area contributed by atoms with Crippen LogP contribution < -0.4 is 0 Å². The van der Waals surface area contributed by atoms with Gasteiger partial charge in [0.05, 0.1) is 5.56 Å². The van der Waals surface area contributed by atoms with E-state index in [2.05, 4.69) is 10.2 Å². The van der Waals surface area contributed by atoms with E-state index in [-0.39, 0.29) is 0 Å². The molecule has 1 N–H and O–H groups in total. The molecule has 0 aliphatic rings. The number of thiophene rings is 1. The Hall–Kier alpha value is -1.42. The van der Waals surface area contributed by atoms with Gasteiger partial charge in [-0.15, -0.1) is 0 Å². The highest BCUT2D eigenvalue weighted by Gasteiger charge is 2.12. The number of aryl methyl sites for hydroxylation is 1. The Kier molecular flexibility index (Phi) is 2.45. The quantitative estimate of drug-likeness (QED) is 0.784. The van der Waals surface area contributed by atoms with E-state index in [0.717, 1.165) is 29.7 Å². The molecule has 0 spiro atoms. The number of H-pyrrole nitrogens is 1. The van der Waals surface area contributed by atoms with Gasteiger partial charge in [-0.3, -0.25) is 9.89 Å². The summed E-state index contributed by atoms with van der Waals surface area (Å²) in [6.45, 7) is 2.00. The number of nitrogens with zero attached hydrogens (tertiary/aromatic N) is 1. The van der Waals surface area contributed by atoms with E-state index in [0.29, 0.717) is 5.56 Å². The van der Waals surface area contributed by atoms with Crippen molar-refractivity contribution < 1.29 is 4.79 Å². The smallest absolute Gasteiger partial charge is 0.154 e. The molecule has 0 aliphatic carbocycles. The summed E-state index contributed by atoms with van der Waals surface area (Å²) in [5, 5.41) is 11.0. The van der Waals surface area contributed by atoms with Gasteiger partial charge in [-0.05, 0) is 17.9 Å². The molecule has 3 nitrogen and oxygen atoms in total. The first-order chi connectivity index (χ1) is 6.86. The zero-order chi connectivity index (χ0) is 9.97. The fraction of sp³-hybridized carbons (Fsp3) is 0.200. The van der Waals surface area contributed by atoms with Crippen LogP contribution >= 0.6 is 11.3 Å². The standard InChI is InChI=1S/C10H10N2OS/c1-2-9-8(5-13)10(12-11-9)7-3-4-14-6-7/h3-6H,2H2,1H3,(H,11,12). The summed E-state index contributed by atoms with van der Waals surface area (Å²) in [6.07, 6.45) is 1.67. The van der Waals surface area contributed by atoms with Gasteiger partial charge >= 0.3 is 0 Å². The number of hydrogen-bond acceptors (Lipinski definition) is 3. The molecule has 0 saturated heterocycles. The fourth-order valence-electron chi connectivity index (χ4n) is 1.40. The molecule has 2 heterocycles. The molecule has 0 atom stereocenters. The van der Waals surface area contributed by atoms with E-state index in [9.17, 15) is 4.79 Å². The first-order valence-corrected chi connectivity index (χ1v) is 5.36. The molecular weight excluding hydrogens is 196 g/mol. The number of nitrogens with one attached hydrogen (secondary N) is 1. The maximum atomic E-state index is 10.9. The summed E-state index contributed by atoms with van der Waals surface area (Å²) < 4.78 is 0. The van der Waals surface area contributed by atoms with Crippen LogP contribution in [-0.4, -0.2) is 16.5 Å². The number of hydrogen-bond donors (Lipinski definition) is 1. The summed E-state index contributed by atoms with van der Waals surface area (Å²) in [5.41, 5.74) is 3.36. The molecule has 0 bridgehead atoms. The molecule has 4 heteroatoms. The molecule has 0 aliphatic heterocycles. The first-order valence-electron chi connectivity index (χ1n) is 4.41. The summed E-state index contributed by atoms with van der Waals surface area (Å²) in [6, 6.07) is 1.97. The van der Waals surface area contributed by atoms with Gasteiger partial charge < -0.3 is 0 Å². The maximum absolute atomic E-state index is 10.9. The average Bonchev–Trinajstić information content (AvgIpc) is 2.85. The van der Waals surface area contributed by atoms with Crippen molar-refractivity contribution in [2.75, 3.05) is 0 Å². The third-order valence-electron chi connectivity index (χ3n) is 2.15. The van der Waals surface area contributed by atoms with Crippen molar-refractivity contribution in [1.29, 1.82) is 0 Å². The van der Waals surface area contributed by atoms with E-state index in [1.807, 2.05) is 23.8 Å². The van der Waals surface area contributed by atoms with Crippen molar-refractivity contribution in [2.45, 2.75) is 13.3 Å². The molecule has 2 aromatic heterocycles. The second kappa shape index (κ2) is 3.75. The van der Waals surface area contributed by atoms with Crippen molar-refractivity contribution in [2.24, 2.45) is 0 Å². The molecule has 2 rings (SSSR count). The Morgan fingerprint density at radius 3 is 3.07 bits per heavy atom. The van der Waals surface area contributed by atoms with Gasteiger partial charge in [0.15, 0.2) is 6.29 Å². The Labute approximate surface area is 85.8 Å². The SMILES string of the molecule is CCc1[nH]nc(-c2ccsc2)c1C=O. The van der Waals surface area contributed by atoms with Crippen LogP contribution in [0, 0.1) is 0 Å². The van der Waals surface area contributed by atoms with Gasteiger partial charge in [0.2, 0.25) is 0 Å². The Bertz CT molecular complexity index is 431. The van der Waals surface area contributed by atoms with Gasteiger partial charge in [-0.25, -0.2) is 0 Å². The minimum atomic E-state index is 0.686. The van der Waals surface area contributed by atoms with Crippen LogP contribution in [0.15, 0.2) is 16.8 Å². The van der Waals surface area contributed by atoms with Crippen LogP contribution in [0.25, 0.3) is 11.3 Å². The first kappa shape index (κ1) is 9.15. The number of aldehydes is 1. The lowest BCUT2D eigenvalue weighted by atomic mass is 10.1. The Balaban J connectivity index is 2.54. The second-order valence-electron chi connectivity index (χ2n) is 2.95. The van der Waals surface area contributed by atoms with Crippen LogP contribution in [-0.2, 0) is 6.42 Å². The Morgan fingerprint density at radius 1 is 1.64 bits per heavy atom. The van der Waals surface area contributed by atoms with E-state index >= 15 is 0 Å². The van der Waals surface area contributed by atoms with Crippen LogP contribution in [0.2, 0.25) is 0 Å². The number of carbonyl (C=O) groups is 1. The van der Waals surface area contributed by atoms with E-state index in [1.165, 1.54) is 0 Å². The lowest BCUT2D eigenvalue weighted by Crippen LogP contribution is -1.88. The normalized spacial score (nSPS) is 10.4. The van der Waals surface area contributed by atoms with Gasteiger partial charge in [-0.2, -0.15) is 16.4 Å². The lowest BCUT2D eigenvalue weighted by molar-refractivity contribution is 0.112. The maximum Gasteiger partial charge on any atom is 0.154 e. The van der Waals surface area contributed by atoms with E-state index in [4.69, 9.17) is 0 Å². The van der Waals surface area contributed by atoms with Crippen molar-refractivity contribution in [3.05, 3.63) is 28.1 Å². The molecule has 0 radical (unpaired) electrons. The number of aromatic amines is 1. The molecule has 72 valence electrons. The van der Waals surface area contributed by atoms with Crippen molar-refractivity contribution in [3.63, 3.8) is 0 Å². The zero-order valence-electron chi connectivity index (χ0n) is 7.78. The molecule has 0 fully saturated rings. The summed E-state index contributed by atoms with van der Waals surface area (Å²) in [5.74, 6) is 0. The summed E-state index contributed by atoms with van der Waals surface area (Å²) >= 11 is 1.60. The predicted molar refractivity (Wildman–Crippen MR) is 56.7 cm³/mol. The number of rotatable bonds is 3. The highest BCUT2D eigenvalue weighted by atomic mass is 32.1. The number of carbonyl (C=O) groups excluding carboxylic acids is 1. The summed E-state index contributed by atoms with van der Waals surface area (Å²) in [7, 11) is 0. The predicted octanol–water partition coefficient (Wildman–Crippen LogP) is 2.51. The Morgan fingerprint density at radius 2 is 2.50 bits per heavy atom. The molecule has 0 aromatic carbocycles. The zero-order valence-corrected chi connectivity index (χ0v) is 8.60. The van der Waals surface area contributed by atoms with Crippen molar-refractivity contribution in [1.82, 2.24) is 10.2 Å². The highest BCUT2D eigenvalue weighted by molar-refractivity contribution is 7.08. The lowest BCUT2D eigenvalue weighted by Gasteiger charge is -1.93.